The van der Waals surface area contributed by atoms with E-state index in [0.717, 1.165) is 25.9 Å². The largest absolute Gasteiger partial charge is 0.395 e. The standard InChI is InChI=1S/C14H21NO2/c1-17-14-7-8-15(9-10-16)13(14)11-12-5-3-2-4-6-12/h2-6,13-14,16H,7-11H2,1H3/t13-,14+/m0/s1. The summed E-state index contributed by atoms with van der Waals surface area (Å²) in [6.07, 6.45) is 2.36. The summed E-state index contributed by atoms with van der Waals surface area (Å²) in [7, 11) is 1.78. The molecule has 0 amide bonds. The normalized spacial score (nSPS) is 25.3. The third-order valence-electron chi connectivity index (χ3n) is 3.58. The van der Waals surface area contributed by atoms with Gasteiger partial charge in [-0.05, 0) is 18.4 Å². The first-order valence-corrected chi connectivity index (χ1v) is 6.26. The summed E-state index contributed by atoms with van der Waals surface area (Å²) < 4.78 is 5.55. The van der Waals surface area contributed by atoms with Gasteiger partial charge in [-0.3, -0.25) is 4.90 Å². The summed E-state index contributed by atoms with van der Waals surface area (Å²) in [6, 6.07) is 10.9. The molecular weight excluding hydrogens is 214 g/mol. The van der Waals surface area contributed by atoms with E-state index in [2.05, 4.69) is 29.2 Å². The zero-order valence-electron chi connectivity index (χ0n) is 10.4. The molecule has 0 radical (unpaired) electrons. The first-order valence-electron chi connectivity index (χ1n) is 6.26. The van der Waals surface area contributed by atoms with E-state index in [9.17, 15) is 0 Å². The van der Waals surface area contributed by atoms with Crippen LogP contribution in [0, 0.1) is 0 Å². The molecule has 1 aromatic rings. The van der Waals surface area contributed by atoms with Crippen LogP contribution in [0.3, 0.4) is 0 Å². The van der Waals surface area contributed by atoms with Gasteiger partial charge in [0, 0.05) is 26.2 Å². The van der Waals surface area contributed by atoms with Crippen LogP contribution in [0.4, 0.5) is 0 Å². The molecule has 1 aliphatic rings. The summed E-state index contributed by atoms with van der Waals surface area (Å²) in [5.74, 6) is 0. The lowest BCUT2D eigenvalue weighted by molar-refractivity contribution is 0.0609. The Morgan fingerprint density at radius 3 is 2.76 bits per heavy atom. The molecule has 0 bridgehead atoms. The fraction of sp³-hybridized carbons (Fsp3) is 0.571. The monoisotopic (exact) mass is 235 g/mol. The summed E-state index contributed by atoms with van der Waals surface area (Å²) in [5, 5.41) is 9.09. The lowest BCUT2D eigenvalue weighted by atomic mass is 10.0. The third-order valence-corrected chi connectivity index (χ3v) is 3.58. The molecule has 1 N–H and O–H groups in total. The van der Waals surface area contributed by atoms with Crippen LogP contribution in [0.5, 0.6) is 0 Å². The number of aliphatic hydroxyl groups excluding tert-OH is 1. The van der Waals surface area contributed by atoms with Crippen molar-refractivity contribution in [2.24, 2.45) is 0 Å². The van der Waals surface area contributed by atoms with Crippen LogP contribution in [0.15, 0.2) is 30.3 Å². The molecule has 0 aromatic heterocycles. The van der Waals surface area contributed by atoms with E-state index in [-0.39, 0.29) is 6.61 Å². The molecule has 17 heavy (non-hydrogen) atoms. The van der Waals surface area contributed by atoms with Crippen LogP contribution < -0.4 is 0 Å². The predicted octanol–water partition coefficient (Wildman–Crippen LogP) is 1.31. The van der Waals surface area contributed by atoms with Crippen LogP contribution in [-0.4, -0.2) is 49.0 Å². The van der Waals surface area contributed by atoms with Crippen LogP contribution in [0.1, 0.15) is 12.0 Å². The molecule has 2 atom stereocenters. The van der Waals surface area contributed by atoms with Crippen molar-refractivity contribution in [3.63, 3.8) is 0 Å². The Morgan fingerprint density at radius 1 is 1.35 bits per heavy atom. The van der Waals surface area contributed by atoms with Crippen molar-refractivity contribution in [2.75, 3.05) is 26.8 Å². The molecule has 1 aromatic carbocycles. The highest BCUT2D eigenvalue weighted by Gasteiger charge is 2.33. The average Bonchev–Trinajstić information content (AvgIpc) is 2.74. The molecule has 1 heterocycles. The second-order valence-electron chi connectivity index (χ2n) is 4.58. The smallest absolute Gasteiger partial charge is 0.0741 e. The quantitative estimate of drug-likeness (QED) is 0.835. The van der Waals surface area contributed by atoms with Crippen molar-refractivity contribution in [1.29, 1.82) is 0 Å². The van der Waals surface area contributed by atoms with Crippen molar-refractivity contribution in [2.45, 2.75) is 25.0 Å². The lowest BCUT2D eigenvalue weighted by Gasteiger charge is -2.27. The second kappa shape index (κ2) is 6.15. The number of β-amino-alcohol motifs (C(OH)–C–C–N with tert-alkyl or cyclic N) is 1. The van der Waals surface area contributed by atoms with Gasteiger partial charge < -0.3 is 9.84 Å². The minimum absolute atomic E-state index is 0.224. The minimum atomic E-state index is 0.224. The number of aliphatic hydroxyl groups is 1. The Labute approximate surface area is 103 Å². The van der Waals surface area contributed by atoms with Crippen molar-refractivity contribution in [3.8, 4) is 0 Å². The highest BCUT2D eigenvalue weighted by Crippen LogP contribution is 2.23. The number of ether oxygens (including phenoxy) is 1. The number of hydrogen-bond acceptors (Lipinski definition) is 3. The molecule has 0 aliphatic carbocycles. The van der Waals surface area contributed by atoms with Crippen LogP contribution in [-0.2, 0) is 11.2 Å². The number of likely N-dealkylation sites (tertiary alicyclic amines) is 1. The summed E-state index contributed by atoms with van der Waals surface area (Å²) >= 11 is 0. The van der Waals surface area contributed by atoms with Gasteiger partial charge >= 0.3 is 0 Å². The van der Waals surface area contributed by atoms with Gasteiger partial charge in [-0.1, -0.05) is 30.3 Å². The lowest BCUT2D eigenvalue weighted by Crippen LogP contribution is -2.39. The predicted molar refractivity (Wildman–Crippen MR) is 68.0 cm³/mol. The maximum Gasteiger partial charge on any atom is 0.0741 e. The van der Waals surface area contributed by atoms with Gasteiger partial charge in [0.15, 0.2) is 0 Å². The van der Waals surface area contributed by atoms with Gasteiger partial charge in [0.2, 0.25) is 0 Å². The van der Waals surface area contributed by atoms with Gasteiger partial charge in [-0.15, -0.1) is 0 Å². The Kier molecular flexibility index (Phi) is 4.54. The fourth-order valence-electron chi connectivity index (χ4n) is 2.68. The molecule has 0 unspecified atom stereocenters. The van der Waals surface area contributed by atoms with Crippen molar-refractivity contribution in [3.05, 3.63) is 35.9 Å². The maximum atomic E-state index is 9.09. The number of benzene rings is 1. The Hall–Kier alpha value is -0.900. The fourth-order valence-corrected chi connectivity index (χ4v) is 2.68. The van der Waals surface area contributed by atoms with E-state index in [1.807, 2.05) is 6.07 Å². The topological polar surface area (TPSA) is 32.7 Å². The highest BCUT2D eigenvalue weighted by molar-refractivity contribution is 5.17. The molecule has 94 valence electrons. The van der Waals surface area contributed by atoms with Gasteiger partial charge in [-0.2, -0.15) is 0 Å². The molecule has 0 spiro atoms. The van der Waals surface area contributed by atoms with Gasteiger partial charge in [0.25, 0.3) is 0 Å². The molecule has 1 fully saturated rings. The van der Waals surface area contributed by atoms with Crippen molar-refractivity contribution in [1.82, 2.24) is 4.90 Å². The number of methoxy groups -OCH3 is 1. The van der Waals surface area contributed by atoms with Crippen molar-refractivity contribution >= 4 is 0 Å². The molecule has 3 nitrogen and oxygen atoms in total. The maximum absolute atomic E-state index is 9.09. The molecule has 1 aliphatic heterocycles. The van der Waals surface area contributed by atoms with Gasteiger partial charge in [0.05, 0.1) is 12.7 Å². The molecule has 3 heteroatoms. The molecule has 0 saturated carbocycles. The Balaban J connectivity index is 2.04. The number of nitrogens with zero attached hydrogens (tertiary/aromatic N) is 1. The van der Waals surface area contributed by atoms with E-state index in [0.29, 0.717) is 12.1 Å². The zero-order chi connectivity index (χ0) is 12.1. The van der Waals surface area contributed by atoms with Crippen LogP contribution in [0.2, 0.25) is 0 Å². The van der Waals surface area contributed by atoms with Crippen LogP contribution in [0.25, 0.3) is 0 Å². The highest BCUT2D eigenvalue weighted by atomic mass is 16.5. The Morgan fingerprint density at radius 2 is 2.12 bits per heavy atom. The Bertz CT molecular complexity index is 328. The first kappa shape index (κ1) is 12.6. The van der Waals surface area contributed by atoms with E-state index in [4.69, 9.17) is 9.84 Å². The number of rotatable bonds is 5. The van der Waals surface area contributed by atoms with Gasteiger partial charge in [-0.25, -0.2) is 0 Å². The van der Waals surface area contributed by atoms with Crippen molar-refractivity contribution < 1.29 is 9.84 Å². The summed E-state index contributed by atoms with van der Waals surface area (Å²) in [4.78, 5) is 2.33. The average molecular weight is 235 g/mol. The number of hydrogen-bond donors (Lipinski definition) is 1. The zero-order valence-corrected chi connectivity index (χ0v) is 10.4. The van der Waals surface area contributed by atoms with E-state index in [1.165, 1.54) is 5.56 Å². The van der Waals surface area contributed by atoms with E-state index in [1.54, 1.807) is 7.11 Å². The second-order valence-corrected chi connectivity index (χ2v) is 4.58. The van der Waals surface area contributed by atoms with E-state index >= 15 is 0 Å². The molecule has 1 saturated heterocycles. The minimum Gasteiger partial charge on any atom is -0.395 e. The van der Waals surface area contributed by atoms with Crippen LogP contribution >= 0.6 is 0 Å². The molecular formula is C14H21NO2. The summed E-state index contributed by atoms with van der Waals surface area (Å²) in [6.45, 7) is 2.00. The third kappa shape index (κ3) is 3.06. The van der Waals surface area contributed by atoms with Gasteiger partial charge in [0.1, 0.15) is 0 Å². The van der Waals surface area contributed by atoms with E-state index < -0.39 is 0 Å². The SMILES string of the molecule is CO[C@@H]1CCN(CCO)[C@H]1Cc1ccccc1. The first-order chi connectivity index (χ1) is 8.35. The summed E-state index contributed by atoms with van der Waals surface area (Å²) in [5.41, 5.74) is 1.34. The molecule has 2 rings (SSSR count).